The van der Waals surface area contributed by atoms with Crippen LogP contribution >= 0.6 is 0 Å². The predicted molar refractivity (Wildman–Crippen MR) is 87.0 cm³/mol. The molecule has 0 spiro atoms. The number of rotatable bonds is 4. The van der Waals surface area contributed by atoms with Gasteiger partial charge in [-0.15, -0.1) is 5.10 Å². The van der Waals surface area contributed by atoms with E-state index in [1.165, 1.54) is 16.8 Å². The van der Waals surface area contributed by atoms with Crippen molar-refractivity contribution in [3.63, 3.8) is 0 Å². The van der Waals surface area contributed by atoms with Gasteiger partial charge in [-0.25, -0.2) is 4.39 Å². The number of hydrogen-bond donors (Lipinski definition) is 1. The van der Waals surface area contributed by atoms with Crippen LogP contribution in [0.2, 0.25) is 0 Å². The van der Waals surface area contributed by atoms with Crippen LogP contribution in [0.15, 0.2) is 24.3 Å². The third-order valence-corrected chi connectivity index (χ3v) is 4.12. The van der Waals surface area contributed by atoms with Gasteiger partial charge < -0.3 is 10.6 Å². The first kappa shape index (κ1) is 16.7. The average molecular weight is 344 g/mol. The highest BCUT2D eigenvalue weighted by Gasteiger charge is 2.32. The van der Waals surface area contributed by atoms with Crippen molar-refractivity contribution in [3.8, 4) is 0 Å². The molecule has 1 aliphatic rings. The topological polar surface area (TPSA) is 107 Å². The van der Waals surface area contributed by atoms with Crippen LogP contribution < -0.4 is 5.73 Å². The van der Waals surface area contributed by atoms with E-state index in [0.29, 0.717) is 24.4 Å². The van der Waals surface area contributed by atoms with Gasteiger partial charge in [-0.1, -0.05) is 12.1 Å². The molecular weight excluding hydrogens is 327 g/mol. The minimum absolute atomic E-state index is 0.222. The van der Waals surface area contributed by atoms with Crippen LogP contribution in [-0.4, -0.2) is 50.0 Å². The van der Waals surface area contributed by atoms with Crippen molar-refractivity contribution < 1.29 is 14.0 Å². The summed E-state index contributed by atoms with van der Waals surface area (Å²) in [5.74, 6) is -1.02. The van der Waals surface area contributed by atoms with Crippen molar-refractivity contribution in [2.75, 3.05) is 13.1 Å². The Labute approximate surface area is 143 Å². The van der Waals surface area contributed by atoms with Gasteiger partial charge in [0.25, 0.3) is 5.91 Å². The molecule has 2 amide bonds. The third kappa shape index (κ3) is 3.54. The quantitative estimate of drug-likeness (QED) is 0.811. The molecule has 2 aromatic rings. The largest absolute Gasteiger partial charge is 0.369 e. The van der Waals surface area contributed by atoms with Crippen LogP contribution in [0.4, 0.5) is 4.39 Å². The highest BCUT2D eigenvalue weighted by Crippen LogP contribution is 2.21. The molecule has 1 aromatic heterocycles. The van der Waals surface area contributed by atoms with Crippen LogP contribution in [-0.2, 0) is 9.59 Å². The van der Waals surface area contributed by atoms with E-state index in [1.807, 2.05) is 0 Å². The van der Waals surface area contributed by atoms with Gasteiger partial charge in [0.1, 0.15) is 11.5 Å². The summed E-state index contributed by atoms with van der Waals surface area (Å²) in [6.07, 6.45) is 2.11. The van der Waals surface area contributed by atoms with E-state index >= 15 is 0 Å². The lowest BCUT2D eigenvalue weighted by Crippen LogP contribution is -2.33. The summed E-state index contributed by atoms with van der Waals surface area (Å²) in [7, 11) is 0. The number of tetrazole rings is 1. The molecule has 1 saturated heterocycles. The van der Waals surface area contributed by atoms with E-state index in [2.05, 4.69) is 15.5 Å². The fourth-order valence-electron chi connectivity index (χ4n) is 2.72. The smallest absolute Gasteiger partial charge is 0.272 e. The van der Waals surface area contributed by atoms with Gasteiger partial charge in [0.2, 0.25) is 5.91 Å². The molecule has 1 atom stereocenters. The van der Waals surface area contributed by atoms with Gasteiger partial charge >= 0.3 is 0 Å². The lowest BCUT2D eigenvalue weighted by Gasteiger charge is -2.18. The maximum Gasteiger partial charge on any atom is 0.272 e. The lowest BCUT2D eigenvalue weighted by atomic mass is 10.1. The monoisotopic (exact) mass is 344 g/mol. The summed E-state index contributed by atoms with van der Waals surface area (Å²) in [4.78, 5) is 25.8. The molecule has 8 nitrogen and oxygen atoms in total. The van der Waals surface area contributed by atoms with Crippen molar-refractivity contribution in [1.29, 1.82) is 0 Å². The van der Waals surface area contributed by atoms with E-state index in [-0.39, 0.29) is 29.9 Å². The summed E-state index contributed by atoms with van der Waals surface area (Å²) in [6, 6.07) is 5.72. The summed E-state index contributed by atoms with van der Waals surface area (Å²) in [6.45, 7) is 2.35. The van der Waals surface area contributed by atoms with Crippen LogP contribution in [0, 0.1) is 18.7 Å². The summed E-state index contributed by atoms with van der Waals surface area (Å²) < 4.78 is 14.4. The van der Waals surface area contributed by atoms with Gasteiger partial charge in [-0.3, -0.25) is 9.59 Å². The maximum atomic E-state index is 13.1. The Morgan fingerprint density at radius 2 is 2.04 bits per heavy atom. The second kappa shape index (κ2) is 6.80. The van der Waals surface area contributed by atoms with Crippen molar-refractivity contribution >= 4 is 23.6 Å². The van der Waals surface area contributed by atoms with E-state index in [0.717, 1.165) is 0 Å². The normalized spacial score (nSPS) is 17.8. The van der Waals surface area contributed by atoms with E-state index < -0.39 is 5.91 Å². The number of likely N-dealkylation sites (tertiary alicyclic amines) is 1. The highest BCUT2D eigenvalue weighted by molar-refractivity contribution is 6.18. The Kier molecular flexibility index (Phi) is 4.55. The number of amides is 2. The first-order chi connectivity index (χ1) is 12.0. The highest BCUT2D eigenvalue weighted by atomic mass is 19.1. The zero-order valence-electron chi connectivity index (χ0n) is 13.6. The second-order valence-corrected chi connectivity index (χ2v) is 5.86. The average Bonchev–Trinajstić information content (AvgIpc) is 3.23. The van der Waals surface area contributed by atoms with Crippen LogP contribution in [0.25, 0.3) is 11.8 Å². The minimum Gasteiger partial charge on any atom is -0.369 e. The second-order valence-electron chi connectivity index (χ2n) is 5.86. The SMILES string of the molecule is Cc1nnnn1/C(=C/c1ccc(F)cc1)C(=O)N1CC[C@@H](C(N)=O)C1. The number of nitrogens with zero attached hydrogens (tertiary/aromatic N) is 5. The summed E-state index contributed by atoms with van der Waals surface area (Å²) >= 11 is 0. The fourth-order valence-corrected chi connectivity index (χ4v) is 2.72. The maximum absolute atomic E-state index is 13.1. The Morgan fingerprint density at radius 1 is 1.32 bits per heavy atom. The van der Waals surface area contributed by atoms with Gasteiger partial charge in [0.05, 0.1) is 5.92 Å². The molecule has 0 saturated carbocycles. The molecule has 1 fully saturated rings. The molecule has 1 aliphatic heterocycles. The Morgan fingerprint density at radius 3 is 2.60 bits per heavy atom. The number of benzene rings is 1. The van der Waals surface area contributed by atoms with Gasteiger partial charge in [-0.05, 0) is 47.5 Å². The number of aryl methyl sites for hydroxylation is 1. The van der Waals surface area contributed by atoms with Crippen LogP contribution in [0.5, 0.6) is 0 Å². The Hall–Kier alpha value is -3.10. The van der Waals surface area contributed by atoms with Gasteiger partial charge in [0.15, 0.2) is 5.82 Å². The predicted octanol–water partition coefficient (Wildman–Crippen LogP) is 0.453. The molecule has 130 valence electrons. The Balaban J connectivity index is 1.95. The minimum atomic E-state index is -0.419. The first-order valence-electron chi connectivity index (χ1n) is 7.77. The molecule has 1 aromatic carbocycles. The standard InChI is InChI=1S/C16H17FN6O2/c1-10-19-20-21-23(10)14(8-11-2-4-13(17)5-3-11)16(25)22-7-6-12(9-22)15(18)24/h2-5,8,12H,6-7,9H2,1H3,(H2,18,24)/b14-8+/t12-/m1/s1. The van der Waals surface area contributed by atoms with E-state index in [1.54, 1.807) is 30.0 Å². The number of nitrogens with two attached hydrogens (primary N) is 1. The molecule has 25 heavy (non-hydrogen) atoms. The van der Waals surface area contributed by atoms with Gasteiger partial charge in [0, 0.05) is 13.1 Å². The number of hydrogen-bond acceptors (Lipinski definition) is 5. The molecule has 2 N–H and O–H groups in total. The summed E-state index contributed by atoms with van der Waals surface area (Å²) in [5, 5.41) is 11.2. The van der Waals surface area contributed by atoms with Crippen molar-refractivity contribution in [2.24, 2.45) is 11.7 Å². The zero-order valence-corrected chi connectivity index (χ0v) is 13.6. The van der Waals surface area contributed by atoms with Gasteiger partial charge in [-0.2, -0.15) is 4.68 Å². The number of primary amides is 1. The third-order valence-electron chi connectivity index (χ3n) is 4.12. The van der Waals surface area contributed by atoms with Crippen LogP contribution in [0.1, 0.15) is 17.8 Å². The first-order valence-corrected chi connectivity index (χ1v) is 7.77. The Bertz CT molecular complexity index is 829. The van der Waals surface area contributed by atoms with Crippen LogP contribution in [0.3, 0.4) is 0 Å². The molecule has 0 radical (unpaired) electrons. The fraction of sp³-hybridized carbons (Fsp3) is 0.312. The molecule has 0 aliphatic carbocycles. The summed E-state index contributed by atoms with van der Waals surface area (Å²) in [5.41, 5.74) is 6.18. The number of aromatic nitrogens is 4. The number of carbonyl (C=O) groups excluding carboxylic acids is 2. The molecule has 9 heteroatoms. The lowest BCUT2D eigenvalue weighted by molar-refractivity contribution is -0.125. The molecule has 3 rings (SSSR count). The van der Waals surface area contributed by atoms with E-state index in [4.69, 9.17) is 5.73 Å². The molecule has 2 heterocycles. The molecule has 0 bridgehead atoms. The zero-order chi connectivity index (χ0) is 18.0. The number of halogens is 1. The molecule has 0 unspecified atom stereocenters. The number of carbonyl (C=O) groups is 2. The van der Waals surface area contributed by atoms with Crippen molar-refractivity contribution in [2.45, 2.75) is 13.3 Å². The molecular formula is C16H17FN6O2. The van der Waals surface area contributed by atoms with Crippen molar-refractivity contribution in [3.05, 3.63) is 41.5 Å². The van der Waals surface area contributed by atoms with E-state index in [9.17, 15) is 14.0 Å². The van der Waals surface area contributed by atoms with Crippen molar-refractivity contribution in [1.82, 2.24) is 25.1 Å².